The second kappa shape index (κ2) is 9.15. The van der Waals surface area contributed by atoms with Gasteiger partial charge < -0.3 is 20.5 Å². The molecule has 6 nitrogen and oxygen atoms in total. The van der Waals surface area contributed by atoms with Crippen LogP contribution < -0.4 is 10.6 Å². The van der Waals surface area contributed by atoms with E-state index >= 15 is 0 Å². The normalized spacial score (nSPS) is 12.3. The van der Waals surface area contributed by atoms with Crippen LogP contribution in [0.3, 0.4) is 0 Å². The Balaban J connectivity index is 2.24. The summed E-state index contributed by atoms with van der Waals surface area (Å²) in [7, 11) is 0. The van der Waals surface area contributed by atoms with Crippen LogP contribution in [0.25, 0.3) is 0 Å². The predicted molar refractivity (Wildman–Crippen MR) is 87.7 cm³/mol. The van der Waals surface area contributed by atoms with Crippen LogP contribution in [0.15, 0.2) is 30.3 Å². The maximum absolute atomic E-state index is 11.8. The molecule has 0 unspecified atom stereocenters. The summed E-state index contributed by atoms with van der Waals surface area (Å²) in [6.07, 6.45) is -0.291. The number of carbonyl (C=O) groups is 2. The van der Waals surface area contributed by atoms with Crippen LogP contribution in [0.4, 0.5) is 4.79 Å². The van der Waals surface area contributed by atoms with E-state index in [1.807, 2.05) is 44.2 Å². The average Bonchev–Trinajstić information content (AvgIpc) is 2.51. The number of aliphatic hydroxyl groups is 1. The van der Waals surface area contributed by atoms with E-state index in [-0.39, 0.29) is 31.6 Å². The Labute approximate surface area is 137 Å². The van der Waals surface area contributed by atoms with Gasteiger partial charge in [0.15, 0.2) is 0 Å². The van der Waals surface area contributed by atoms with Gasteiger partial charge in [0.05, 0.1) is 0 Å². The predicted octanol–water partition coefficient (Wildman–Crippen LogP) is 1.83. The molecule has 0 bridgehead atoms. The van der Waals surface area contributed by atoms with Gasteiger partial charge in [0.1, 0.15) is 6.61 Å². The van der Waals surface area contributed by atoms with E-state index in [2.05, 4.69) is 10.6 Å². The number of hydrogen-bond acceptors (Lipinski definition) is 4. The van der Waals surface area contributed by atoms with Crippen molar-refractivity contribution >= 4 is 12.0 Å². The largest absolute Gasteiger partial charge is 0.445 e. The van der Waals surface area contributed by atoms with Gasteiger partial charge in [-0.1, -0.05) is 44.2 Å². The summed E-state index contributed by atoms with van der Waals surface area (Å²) in [4.78, 5) is 23.4. The highest BCUT2D eigenvalue weighted by Gasteiger charge is 2.21. The summed E-state index contributed by atoms with van der Waals surface area (Å²) >= 11 is 0. The molecule has 2 amide bonds. The Morgan fingerprint density at radius 2 is 1.91 bits per heavy atom. The molecule has 1 rings (SSSR count). The molecule has 3 N–H and O–H groups in total. The van der Waals surface area contributed by atoms with Crippen LogP contribution >= 0.6 is 0 Å². The van der Waals surface area contributed by atoms with E-state index in [1.54, 1.807) is 6.92 Å². The summed E-state index contributed by atoms with van der Waals surface area (Å²) in [6.45, 7) is 5.86. The molecule has 0 saturated heterocycles. The van der Waals surface area contributed by atoms with E-state index < -0.39 is 11.5 Å². The smallest absolute Gasteiger partial charge is 0.407 e. The van der Waals surface area contributed by atoms with Crippen molar-refractivity contribution in [1.82, 2.24) is 10.6 Å². The van der Waals surface area contributed by atoms with E-state index in [0.29, 0.717) is 6.54 Å². The Hall–Kier alpha value is -2.08. The number of carbonyl (C=O) groups excluding carboxylic acids is 2. The molecule has 1 aromatic rings. The minimum Gasteiger partial charge on any atom is -0.445 e. The lowest BCUT2D eigenvalue weighted by atomic mass is 9.90. The van der Waals surface area contributed by atoms with Crippen molar-refractivity contribution in [2.75, 3.05) is 13.2 Å². The second-order valence-corrected chi connectivity index (χ2v) is 6.41. The summed E-state index contributed by atoms with van der Waals surface area (Å²) in [5.74, 6) is -0.157. The van der Waals surface area contributed by atoms with Gasteiger partial charge in [0, 0.05) is 25.6 Å². The number of ether oxygens (including phenoxy) is 1. The van der Waals surface area contributed by atoms with Crippen LogP contribution in [-0.4, -0.2) is 36.3 Å². The molecule has 0 aromatic heterocycles. The van der Waals surface area contributed by atoms with Crippen molar-refractivity contribution in [1.29, 1.82) is 0 Å². The minimum absolute atomic E-state index is 0.0555. The van der Waals surface area contributed by atoms with Gasteiger partial charge >= 0.3 is 6.09 Å². The van der Waals surface area contributed by atoms with Crippen LogP contribution in [-0.2, 0) is 16.1 Å². The number of amides is 2. The fourth-order valence-electron chi connectivity index (χ4n) is 1.84. The third-order valence-corrected chi connectivity index (χ3v) is 3.25. The highest BCUT2D eigenvalue weighted by molar-refractivity contribution is 5.76. The number of nitrogens with one attached hydrogen (secondary N) is 2. The molecule has 0 aliphatic carbocycles. The zero-order valence-electron chi connectivity index (χ0n) is 14.0. The Morgan fingerprint density at radius 1 is 1.26 bits per heavy atom. The lowest BCUT2D eigenvalue weighted by Gasteiger charge is -2.21. The standard InChI is InChI=1S/C17H26N2O4/c1-13(10-18-15(21)9-17(2,3)12-20)19-16(22)23-11-14-7-5-4-6-8-14/h4-8,13,20H,9-12H2,1-3H3,(H,18,21)(H,19,22)/t13-/m1/s1. The van der Waals surface area contributed by atoms with Crippen LogP contribution in [0.5, 0.6) is 0 Å². The lowest BCUT2D eigenvalue weighted by molar-refractivity contribution is -0.123. The number of hydrogen-bond donors (Lipinski definition) is 3. The molecular weight excluding hydrogens is 296 g/mol. The maximum atomic E-state index is 11.8. The van der Waals surface area contributed by atoms with Gasteiger partial charge in [0.2, 0.25) is 5.91 Å². The van der Waals surface area contributed by atoms with Crippen molar-refractivity contribution in [2.45, 2.75) is 39.8 Å². The first-order valence-corrected chi connectivity index (χ1v) is 7.67. The first-order valence-electron chi connectivity index (χ1n) is 7.67. The molecule has 1 aromatic carbocycles. The molecule has 6 heteroatoms. The molecule has 128 valence electrons. The SMILES string of the molecule is C[C@H](CNC(=O)CC(C)(C)CO)NC(=O)OCc1ccccc1. The Bertz CT molecular complexity index is 503. The summed E-state index contributed by atoms with van der Waals surface area (Å²) < 4.78 is 5.11. The van der Waals surface area contributed by atoms with E-state index in [4.69, 9.17) is 9.84 Å². The third-order valence-electron chi connectivity index (χ3n) is 3.25. The Morgan fingerprint density at radius 3 is 2.52 bits per heavy atom. The molecule has 0 heterocycles. The molecular formula is C17H26N2O4. The molecule has 0 radical (unpaired) electrons. The molecule has 0 aliphatic rings. The van der Waals surface area contributed by atoms with Crippen molar-refractivity contribution in [3.05, 3.63) is 35.9 Å². The molecule has 0 aliphatic heterocycles. The van der Waals surface area contributed by atoms with Crippen LogP contribution in [0.2, 0.25) is 0 Å². The molecule has 0 spiro atoms. The maximum Gasteiger partial charge on any atom is 0.407 e. The van der Waals surface area contributed by atoms with Gasteiger partial charge in [0.25, 0.3) is 0 Å². The first kappa shape index (κ1) is 19.0. The first-order chi connectivity index (χ1) is 10.8. The van der Waals surface area contributed by atoms with E-state index in [0.717, 1.165) is 5.56 Å². The number of benzene rings is 1. The highest BCUT2D eigenvalue weighted by atomic mass is 16.5. The van der Waals surface area contributed by atoms with Gasteiger partial charge in [-0.25, -0.2) is 4.79 Å². The van der Waals surface area contributed by atoms with Crippen molar-refractivity contribution < 1.29 is 19.4 Å². The monoisotopic (exact) mass is 322 g/mol. The zero-order valence-corrected chi connectivity index (χ0v) is 14.0. The minimum atomic E-state index is -0.522. The van der Waals surface area contributed by atoms with Crippen molar-refractivity contribution in [3.63, 3.8) is 0 Å². The topological polar surface area (TPSA) is 87.7 Å². The number of rotatable bonds is 8. The summed E-state index contributed by atoms with van der Waals surface area (Å²) in [5.41, 5.74) is 0.463. The molecule has 0 saturated carbocycles. The molecule has 0 fully saturated rings. The second-order valence-electron chi connectivity index (χ2n) is 6.41. The van der Waals surface area contributed by atoms with Gasteiger partial charge in [-0.3, -0.25) is 4.79 Å². The molecule has 1 atom stereocenters. The van der Waals surface area contributed by atoms with Gasteiger partial charge in [-0.05, 0) is 17.9 Å². The van der Waals surface area contributed by atoms with Gasteiger partial charge in [-0.15, -0.1) is 0 Å². The van der Waals surface area contributed by atoms with E-state index in [9.17, 15) is 9.59 Å². The number of aliphatic hydroxyl groups excluding tert-OH is 1. The molecule has 23 heavy (non-hydrogen) atoms. The fraction of sp³-hybridized carbons (Fsp3) is 0.529. The quantitative estimate of drug-likeness (QED) is 0.681. The van der Waals surface area contributed by atoms with E-state index in [1.165, 1.54) is 0 Å². The average molecular weight is 322 g/mol. The van der Waals surface area contributed by atoms with Gasteiger partial charge in [-0.2, -0.15) is 0 Å². The zero-order chi connectivity index (χ0) is 17.3. The summed E-state index contributed by atoms with van der Waals surface area (Å²) in [5, 5.41) is 14.5. The number of alkyl carbamates (subject to hydrolysis) is 1. The highest BCUT2D eigenvalue weighted by Crippen LogP contribution is 2.18. The fourth-order valence-corrected chi connectivity index (χ4v) is 1.84. The van der Waals surface area contributed by atoms with Crippen LogP contribution in [0, 0.1) is 5.41 Å². The van der Waals surface area contributed by atoms with Crippen LogP contribution in [0.1, 0.15) is 32.8 Å². The summed E-state index contributed by atoms with van der Waals surface area (Å²) in [6, 6.07) is 9.15. The van der Waals surface area contributed by atoms with Crippen molar-refractivity contribution in [2.24, 2.45) is 5.41 Å². The Kier molecular flexibility index (Phi) is 7.54. The van der Waals surface area contributed by atoms with Crippen molar-refractivity contribution in [3.8, 4) is 0 Å². The lowest BCUT2D eigenvalue weighted by Crippen LogP contribution is -2.43. The third kappa shape index (κ3) is 8.21.